The molecule has 7 heteroatoms. The molecule has 120 valence electrons. The number of benzene rings is 1. The number of methoxy groups -OCH3 is 1. The summed E-state index contributed by atoms with van der Waals surface area (Å²) in [7, 11) is 1.29. The van der Waals surface area contributed by atoms with E-state index in [0.29, 0.717) is 0 Å². The topological polar surface area (TPSA) is 55.5 Å². The maximum Gasteiger partial charge on any atom is 0.395 e. The molecule has 0 spiro atoms. The van der Waals surface area contributed by atoms with Gasteiger partial charge in [-0.05, 0) is 38.5 Å². The third-order valence-corrected chi connectivity index (χ3v) is 3.61. The Kier molecular flexibility index (Phi) is 4.90. The molecule has 0 heterocycles. The van der Waals surface area contributed by atoms with E-state index in [0.717, 1.165) is 19.1 Å². The van der Waals surface area contributed by atoms with Crippen molar-refractivity contribution in [2.24, 2.45) is 11.1 Å². The van der Waals surface area contributed by atoms with Crippen molar-refractivity contribution in [2.75, 3.05) is 13.7 Å². The average molecular weight is 309 g/mol. The van der Waals surface area contributed by atoms with Gasteiger partial charge < -0.3 is 15.6 Å². The van der Waals surface area contributed by atoms with E-state index in [1.165, 1.54) is 20.1 Å². The predicted octanol–water partition coefficient (Wildman–Crippen LogP) is 2.96. The number of nitrogens with two attached hydrogens (primary N) is 1. The first kappa shape index (κ1) is 17.7. The number of hydrogen-bond acceptors (Lipinski definition) is 3. The average Bonchev–Trinajstić information content (AvgIpc) is 2.36. The molecule has 0 aromatic heterocycles. The monoisotopic (exact) mass is 309 g/mol. The molecular weight excluding hydrogens is 290 g/mol. The summed E-state index contributed by atoms with van der Waals surface area (Å²) in [5.74, 6) is -0.560. The van der Waals surface area contributed by atoms with Crippen LogP contribution in [0.2, 0.25) is 0 Å². The van der Waals surface area contributed by atoms with E-state index in [1.54, 1.807) is 0 Å². The van der Waals surface area contributed by atoms with Crippen molar-refractivity contribution in [3.8, 4) is 5.75 Å². The molecule has 0 aliphatic heterocycles. The Labute approximate surface area is 120 Å². The zero-order chi connectivity index (χ0) is 16.5. The number of aliphatic hydroxyl groups is 1. The molecule has 0 bridgehead atoms. The first-order valence-corrected chi connectivity index (χ1v) is 6.30. The van der Waals surface area contributed by atoms with Gasteiger partial charge in [-0.25, -0.2) is 4.39 Å². The molecule has 0 amide bonds. The number of ether oxygens (including phenoxy) is 1. The van der Waals surface area contributed by atoms with E-state index in [9.17, 15) is 22.7 Å². The van der Waals surface area contributed by atoms with Crippen LogP contribution in [0.1, 0.15) is 25.8 Å². The minimum Gasteiger partial charge on any atom is -0.496 e. The minimum atomic E-state index is -4.59. The van der Waals surface area contributed by atoms with Crippen molar-refractivity contribution in [3.05, 3.63) is 29.6 Å². The Hall–Kier alpha value is -1.34. The van der Waals surface area contributed by atoms with Gasteiger partial charge in [0.05, 0.1) is 18.1 Å². The fraction of sp³-hybridized carbons (Fsp3) is 0.571. The van der Waals surface area contributed by atoms with Crippen molar-refractivity contribution in [1.29, 1.82) is 0 Å². The summed E-state index contributed by atoms with van der Waals surface area (Å²) in [6.07, 6.45) is -5.30. The largest absolute Gasteiger partial charge is 0.496 e. The first-order chi connectivity index (χ1) is 9.47. The van der Waals surface area contributed by atoms with E-state index in [1.807, 2.05) is 0 Å². The lowest BCUT2D eigenvalue weighted by Gasteiger charge is -2.37. The van der Waals surface area contributed by atoms with Gasteiger partial charge in [-0.2, -0.15) is 13.2 Å². The van der Waals surface area contributed by atoms with Crippen LogP contribution in [0, 0.1) is 11.2 Å². The number of rotatable bonds is 5. The highest BCUT2D eigenvalue weighted by Crippen LogP contribution is 2.47. The van der Waals surface area contributed by atoms with Crippen LogP contribution in [0.5, 0.6) is 5.75 Å². The van der Waals surface area contributed by atoms with Crippen LogP contribution in [0.15, 0.2) is 18.2 Å². The molecule has 3 N–H and O–H groups in total. The summed E-state index contributed by atoms with van der Waals surface area (Å²) in [6.45, 7) is 1.42. The second kappa shape index (κ2) is 5.81. The minimum absolute atomic E-state index is 0.0473. The van der Waals surface area contributed by atoms with Gasteiger partial charge in [0.2, 0.25) is 0 Å². The van der Waals surface area contributed by atoms with E-state index in [-0.39, 0.29) is 11.3 Å². The fourth-order valence-corrected chi connectivity index (χ4v) is 2.24. The van der Waals surface area contributed by atoms with Crippen LogP contribution in [-0.4, -0.2) is 24.9 Å². The van der Waals surface area contributed by atoms with Gasteiger partial charge in [0.15, 0.2) is 0 Å². The molecule has 1 unspecified atom stereocenters. The first-order valence-electron chi connectivity index (χ1n) is 6.30. The summed E-state index contributed by atoms with van der Waals surface area (Å²) in [5, 5.41) is 10.5. The SMILES string of the molecule is COc1ccc(F)cc1C(C)(O)C[C@@](C)(CN)C(F)(F)F. The molecule has 0 fully saturated rings. The van der Waals surface area contributed by atoms with Gasteiger partial charge >= 0.3 is 6.18 Å². The molecule has 1 rings (SSSR count). The highest BCUT2D eigenvalue weighted by Gasteiger charge is 2.53. The van der Waals surface area contributed by atoms with Gasteiger partial charge in [0.25, 0.3) is 0 Å². The highest BCUT2D eigenvalue weighted by atomic mass is 19.4. The summed E-state index contributed by atoms with van der Waals surface area (Å²) in [4.78, 5) is 0. The van der Waals surface area contributed by atoms with Crippen LogP contribution in [0.4, 0.5) is 17.6 Å². The molecule has 3 nitrogen and oxygen atoms in total. The standard InChI is InChI=1S/C14H19F4NO2/c1-12(8-19,14(16,17)18)7-13(2,20)10-6-9(15)4-5-11(10)21-3/h4-6,20H,7-8,19H2,1-3H3/t12-,13?/m0/s1. The molecule has 2 atom stereocenters. The van der Waals surface area contributed by atoms with Crippen LogP contribution in [-0.2, 0) is 5.60 Å². The number of halogens is 4. The fourth-order valence-electron chi connectivity index (χ4n) is 2.24. The zero-order valence-corrected chi connectivity index (χ0v) is 12.1. The lowest BCUT2D eigenvalue weighted by molar-refractivity contribution is -0.230. The highest BCUT2D eigenvalue weighted by molar-refractivity contribution is 5.38. The van der Waals surface area contributed by atoms with Crippen LogP contribution in [0.3, 0.4) is 0 Å². The van der Waals surface area contributed by atoms with E-state index in [2.05, 4.69) is 0 Å². The number of hydrogen-bond donors (Lipinski definition) is 2. The maximum atomic E-state index is 13.3. The van der Waals surface area contributed by atoms with Crippen molar-refractivity contribution in [1.82, 2.24) is 0 Å². The summed E-state index contributed by atoms with van der Waals surface area (Å²) >= 11 is 0. The van der Waals surface area contributed by atoms with E-state index < -0.39 is 36.0 Å². The van der Waals surface area contributed by atoms with E-state index >= 15 is 0 Å². The molecule has 0 aliphatic rings. The van der Waals surface area contributed by atoms with Gasteiger partial charge in [0, 0.05) is 12.1 Å². The van der Waals surface area contributed by atoms with Gasteiger partial charge in [-0.3, -0.25) is 0 Å². The molecule has 1 aromatic carbocycles. The smallest absolute Gasteiger partial charge is 0.395 e. The Morgan fingerprint density at radius 2 is 1.81 bits per heavy atom. The van der Waals surface area contributed by atoms with Crippen LogP contribution < -0.4 is 10.5 Å². The maximum absolute atomic E-state index is 13.3. The van der Waals surface area contributed by atoms with Crippen LogP contribution >= 0.6 is 0 Å². The van der Waals surface area contributed by atoms with E-state index in [4.69, 9.17) is 10.5 Å². The van der Waals surface area contributed by atoms with Crippen molar-refractivity contribution < 1.29 is 27.4 Å². The summed E-state index contributed by atoms with van der Waals surface area (Å²) in [5.41, 5.74) is 0.950. The Bertz CT molecular complexity index is 502. The quantitative estimate of drug-likeness (QED) is 0.822. The lowest BCUT2D eigenvalue weighted by atomic mass is 9.75. The van der Waals surface area contributed by atoms with Gasteiger partial charge in [-0.1, -0.05) is 0 Å². The van der Waals surface area contributed by atoms with Gasteiger partial charge in [-0.15, -0.1) is 0 Å². The van der Waals surface area contributed by atoms with Gasteiger partial charge in [0.1, 0.15) is 11.6 Å². The second-order valence-corrected chi connectivity index (χ2v) is 5.56. The van der Waals surface area contributed by atoms with Crippen molar-refractivity contribution >= 4 is 0 Å². The third-order valence-electron chi connectivity index (χ3n) is 3.61. The summed E-state index contributed by atoms with van der Waals surface area (Å²) < 4.78 is 57.7. The molecule has 21 heavy (non-hydrogen) atoms. The number of alkyl halides is 3. The third kappa shape index (κ3) is 3.65. The Balaban J connectivity index is 3.25. The van der Waals surface area contributed by atoms with Crippen LogP contribution in [0.25, 0.3) is 0 Å². The molecule has 0 radical (unpaired) electrons. The second-order valence-electron chi connectivity index (χ2n) is 5.56. The molecular formula is C14H19F4NO2. The predicted molar refractivity (Wildman–Crippen MR) is 70.4 cm³/mol. The Morgan fingerprint density at radius 1 is 1.24 bits per heavy atom. The molecule has 0 saturated carbocycles. The van der Waals surface area contributed by atoms with Crippen molar-refractivity contribution in [3.63, 3.8) is 0 Å². The van der Waals surface area contributed by atoms with Crippen molar-refractivity contribution in [2.45, 2.75) is 32.0 Å². The normalized spacial score (nSPS) is 18.0. The lowest BCUT2D eigenvalue weighted by Crippen LogP contribution is -2.46. The molecule has 0 saturated heterocycles. The molecule has 0 aliphatic carbocycles. The zero-order valence-electron chi connectivity index (χ0n) is 12.1. The molecule has 1 aromatic rings. The Morgan fingerprint density at radius 3 is 2.24 bits per heavy atom. The summed E-state index contributed by atoms with van der Waals surface area (Å²) in [6, 6.07) is 3.32.